The predicted octanol–water partition coefficient (Wildman–Crippen LogP) is 3.09. The van der Waals surface area contributed by atoms with Crippen LogP contribution in [0.3, 0.4) is 0 Å². The molecule has 1 aromatic rings. The Kier molecular flexibility index (Phi) is 5.96. The van der Waals surface area contributed by atoms with Gasteiger partial charge >= 0.3 is 0 Å². The van der Waals surface area contributed by atoms with E-state index in [1.807, 2.05) is 25.1 Å². The lowest BCUT2D eigenvalue weighted by Gasteiger charge is -2.13. The van der Waals surface area contributed by atoms with Crippen molar-refractivity contribution < 1.29 is 9.47 Å². The second-order valence-corrected chi connectivity index (χ2v) is 4.02. The van der Waals surface area contributed by atoms with Crippen LogP contribution in [0.5, 0.6) is 0 Å². The molecule has 0 aromatic heterocycles. The van der Waals surface area contributed by atoms with Gasteiger partial charge in [0.1, 0.15) is 0 Å². The van der Waals surface area contributed by atoms with Crippen LogP contribution in [0.2, 0.25) is 0 Å². The van der Waals surface area contributed by atoms with Crippen molar-refractivity contribution in [1.82, 2.24) is 0 Å². The van der Waals surface area contributed by atoms with E-state index in [0.29, 0.717) is 5.90 Å². The standard InChI is InChI=1S/C12H17NO2S/c1-10(14-2)13-16-9-12(15-3)11-7-5-4-6-8-11/h4-8,12H,9H2,1-3H3/b13-10+. The highest BCUT2D eigenvalue weighted by Crippen LogP contribution is 2.21. The molecule has 16 heavy (non-hydrogen) atoms. The number of rotatable bonds is 5. The molecule has 0 amide bonds. The fraction of sp³-hybridized carbons (Fsp3) is 0.417. The van der Waals surface area contributed by atoms with Crippen molar-refractivity contribution in [3.05, 3.63) is 35.9 Å². The first-order valence-corrected chi connectivity index (χ1v) is 6.00. The minimum atomic E-state index is 0.0691. The first-order valence-electron chi connectivity index (χ1n) is 5.06. The Morgan fingerprint density at radius 1 is 1.31 bits per heavy atom. The minimum absolute atomic E-state index is 0.0691. The van der Waals surface area contributed by atoms with Crippen molar-refractivity contribution in [3.63, 3.8) is 0 Å². The van der Waals surface area contributed by atoms with Crippen LogP contribution >= 0.6 is 11.9 Å². The van der Waals surface area contributed by atoms with Gasteiger partial charge in [0.05, 0.1) is 13.2 Å². The Morgan fingerprint density at radius 3 is 2.56 bits per heavy atom. The lowest BCUT2D eigenvalue weighted by atomic mass is 10.1. The van der Waals surface area contributed by atoms with E-state index >= 15 is 0 Å². The van der Waals surface area contributed by atoms with Crippen LogP contribution in [-0.4, -0.2) is 25.9 Å². The highest BCUT2D eigenvalue weighted by atomic mass is 32.2. The van der Waals surface area contributed by atoms with Gasteiger partial charge in [0.2, 0.25) is 0 Å². The Hall–Kier alpha value is -1.00. The quantitative estimate of drug-likeness (QED) is 0.449. The van der Waals surface area contributed by atoms with E-state index in [-0.39, 0.29) is 6.10 Å². The molecule has 4 heteroatoms. The molecule has 0 saturated carbocycles. The zero-order valence-electron chi connectivity index (χ0n) is 9.84. The molecule has 1 unspecified atom stereocenters. The van der Waals surface area contributed by atoms with Crippen LogP contribution in [-0.2, 0) is 9.47 Å². The fourth-order valence-electron chi connectivity index (χ4n) is 1.20. The van der Waals surface area contributed by atoms with Crippen molar-refractivity contribution in [3.8, 4) is 0 Å². The van der Waals surface area contributed by atoms with E-state index in [2.05, 4.69) is 16.5 Å². The van der Waals surface area contributed by atoms with Crippen LogP contribution in [0.4, 0.5) is 0 Å². The number of methoxy groups -OCH3 is 2. The maximum Gasteiger partial charge on any atom is 0.191 e. The molecule has 0 heterocycles. The van der Waals surface area contributed by atoms with Crippen molar-refractivity contribution in [2.45, 2.75) is 13.0 Å². The smallest absolute Gasteiger partial charge is 0.191 e. The van der Waals surface area contributed by atoms with Gasteiger partial charge in [0.25, 0.3) is 0 Å². The molecule has 0 radical (unpaired) electrons. The van der Waals surface area contributed by atoms with Crippen molar-refractivity contribution in [2.24, 2.45) is 4.40 Å². The zero-order chi connectivity index (χ0) is 11.8. The van der Waals surface area contributed by atoms with Gasteiger partial charge in [0.15, 0.2) is 5.90 Å². The van der Waals surface area contributed by atoms with Crippen molar-refractivity contribution >= 4 is 17.8 Å². The molecule has 0 aliphatic carbocycles. The second-order valence-electron chi connectivity index (χ2n) is 3.25. The highest BCUT2D eigenvalue weighted by molar-refractivity contribution is 7.98. The van der Waals surface area contributed by atoms with Gasteiger partial charge in [-0.2, -0.15) is 4.40 Å². The Balaban J connectivity index is 2.51. The largest absolute Gasteiger partial charge is 0.484 e. The number of benzene rings is 1. The molecule has 0 aliphatic rings. The summed E-state index contributed by atoms with van der Waals surface area (Å²) >= 11 is 1.45. The van der Waals surface area contributed by atoms with Gasteiger partial charge < -0.3 is 9.47 Å². The third-order valence-corrected chi connectivity index (χ3v) is 3.01. The summed E-state index contributed by atoms with van der Waals surface area (Å²) in [6.45, 7) is 1.83. The number of hydrogen-bond acceptors (Lipinski definition) is 4. The lowest BCUT2D eigenvalue weighted by molar-refractivity contribution is 0.123. The van der Waals surface area contributed by atoms with E-state index in [9.17, 15) is 0 Å². The summed E-state index contributed by atoms with van der Waals surface area (Å²) < 4.78 is 14.6. The molecule has 88 valence electrons. The van der Waals surface area contributed by atoms with E-state index in [1.54, 1.807) is 14.2 Å². The molecule has 0 bridgehead atoms. The third-order valence-electron chi connectivity index (χ3n) is 2.17. The van der Waals surface area contributed by atoms with Gasteiger partial charge in [-0.15, -0.1) is 0 Å². The number of ether oxygens (including phenoxy) is 2. The fourth-order valence-corrected chi connectivity index (χ4v) is 2.00. The summed E-state index contributed by atoms with van der Waals surface area (Å²) in [5, 5.41) is 0. The third kappa shape index (κ3) is 4.24. The maximum absolute atomic E-state index is 5.42. The first kappa shape index (κ1) is 13.1. The van der Waals surface area contributed by atoms with Crippen molar-refractivity contribution in [2.75, 3.05) is 20.0 Å². The topological polar surface area (TPSA) is 30.8 Å². The maximum atomic E-state index is 5.42. The van der Waals surface area contributed by atoms with Crippen LogP contribution < -0.4 is 0 Å². The molecular formula is C12H17NO2S. The molecule has 0 aliphatic heterocycles. The number of hydrogen-bond donors (Lipinski definition) is 0. The normalized spacial score (nSPS) is 13.6. The van der Waals surface area contributed by atoms with E-state index in [4.69, 9.17) is 9.47 Å². The van der Waals surface area contributed by atoms with Gasteiger partial charge in [-0.05, 0) is 17.5 Å². The zero-order valence-corrected chi connectivity index (χ0v) is 10.7. The van der Waals surface area contributed by atoms with Crippen LogP contribution in [0.1, 0.15) is 18.6 Å². The van der Waals surface area contributed by atoms with Crippen LogP contribution in [0.25, 0.3) is 0 Å². The van der Waals surface area contributed by atoms with Crippen molar-refractivity contribution in [1.29, 1.82) is 0 Å². The van der Waals surface area contributed by atoms with E-state index in [0.717, 1.165) is 5.75 Å². The summed E-state index contributed by atoms with van der Waals surface area (Å²) in [6.07, 6.45) is 0.0691. The molecule has 1 rings (SSSR count). The molecular weight excluding hydrogens is 222 g/mol. The van der Waals surface area contributed by atoms with E-state index < -0.39 is 0 Å². The Bertz CT molecular complexity index is 327. The average molecular weight is 239 g/mol. The highest BCUT2D eigenvalue weighted by Gasteiger charge is 2.09. The van der Waals surface area contributed by atoms with Gasteiger partial charge in [0, 0.05) is 19.8 Å². The molecule has 0 N–H and O–H groups in total. The summed E-state index contributed by atoms with van der Waals surface area (Å²) in [4.78, 5) is 0. The average Bonchev–Trinajstić information content (AvgIpc) is 2.35. The van der Waals surface area contributed by atoms with E-state index in [1.165, 1.54) is 17.5 Å². The molecule has 0 spiro atoms. The summed E-state index contributed by atoms with van der Waals surface area (Å²) in [5.41, 5.74) is 1.17. The molecule has 3 nitrogen and oxygen atoms in total. The molecule has 1 atom stereocenters. The molecule has 0 saturated heterocycles. The summed E-state index contributed by atoms with van der Waals surface area (Å²) in [5.74, 6) is 1.45. The lowest BCUT2D eigenvalue weighted by Crippen LogP contribution is -2.04. The second kappa shape index (κ2) is 7.30. The molecule has 0 fully saturated rings. The Morgan fingerprint density at radius 2 is 2.00 bits per heavy atom. The van der Waals surface area contributed by atoms with Crippen LogP contribution in [0.15, 0.2) is 34.7 Å². The SMILES string of the molecule is CO/C(C)=N/SCC(OC)c1ccccc1. The predicted molar refractivity (Wildman–Crippen MR) is 68.8 cm³/mol. The summed E-state index contributed by atoms with van der Waals surface area (Å²) in [6, 6.07) is 10.1. The monoisotopic (exact) mass is 239 g/mol. The Labute approximate surface area is 101 Å². The van der Waals surface area contributed by atoms with Gasteiger partial charge in [-0.25, -0.2) is 0 Å². The van der Waals surface area contributed by atoms with Crippen LogP contribution in [0, 0.1) is 0 Å². The summed E-state index contributed by atoms with van der Waals surface area (Å²) in [7, 11) is 3.33. The molecule has 1 aromatic carbocycles. The first-order chi connectivity index (χ1) is 7.77. The van der Waals surface area contributed by atoms with Gasteiger partial charge in [-0.1, -0.05) is 30.3 Å². The number of nitrogens with zero attached hydrogens (tertiary/aromatic N) is 1. The van der Waals surface area contributed by atoms with Gasteiger partial charge in [-0.3, -0.25) is 0 Å². The minimum Gasteiger partial charge on any atom is -0.484 e.